The Labute approximate surface area is 180 Å². The lowest BCUT2D eigenvalue weighted by molar-refractivity contribution is 0.207. The minimum atomic E-state index is -0.193. The van der Waals surface area contributed by atoms with Crippen molar-refractivity contribution in [2.45, 2.75) is 0 Å². The Morgan fingerprint density at radius 3 is 2.16 bits per heavy atom. The highest BCUT2D eigenvalue weighted by Crippen LogP contribution is 2.34. The zero-order valence-electron chi connectivity index (χ0n) is 17.5. The number of piperazine rings is 1. The number of ether oxygens (including phenoxy) is 2. The Kier molecular flexibility index (Phi) is 6.11. The molecule has 1 N–H and O–H groups in total. The van der Waals surface area contributed by atoms with E-state index in [1.54, 1.807) is 43.6 Å². The molecule has 0 bridgehead atoms. The molecule has 4 rings (SSSR count). The molecule has 9 heteroatoms. The first kappa shape index (κ1) is 20.4. The van der Waals surface area contributed by atoms with Crippen molar-refractivity contribution in [1.29, 1.82) is 0 Å². The second-order valence-electron chi connectivity index (χ2n) is 6.95. The molecule has 3 aromatic rings. The van der Waals surface area contributed by atoms with Crippen molar-refractivity contribution in [3.63, 3.8) is 0 Å². The molecule has 3 heterocycles. The number of hydrogen-bond donors (Lipinski definition) is 1. The molecular formula is C22H24N6O3. The molecule has 0 unspecified atom stereocenters. The number of rotatable bonds is 5. The summed E-state index contributed by atoms with van der Waals surface area (Å²) in [6.07, 6.45) is 3.46. The van der Waals surface area contributed by atoms with Crippen molar-refractivity contribution in [2.75, 3.05) is 50.6 Å². The van der Waals surface area contributed by atoms with Gasteiger partial charge in [0.05, 0.1) is 19.9 Å². The fourth-order valence-corrected chi connectivity index (χ4v) is 3.47. The maximum atomic E-state index is 12.8. The lowest BCUT2D eigenvalue weighted by Gasteiger charge is -2.35. The van der Waals surface area contributed by atoms with Gasteiger partial charge in [0, 0.05) is 44.1 Å². The molecule has 1 fully saturated rings. The van der Waals surface area contributed by atoms with E-state index < -0.39 is 0 Å². The molecule has 0 saturated carbocycles. The summed E-state index contributed by atoms with van der Waals surface area (Å²) in [4.78, 5) is 20.7. The predicted octanol–water partition coefficient (Wildman–Crippen LogP) is 2.91. The Balaban J connectivity index is 1.37. The van der Waals surface area contributed by atoms with E-state index in [-0.39, 0.29) is 6.03 Å². The number of methoxy groups -OCH3 is 2. The van der Waals surface area contributed by atoms with Gasteiger partial charge < -0.3 is 24.6 Å². The number of aromatic nitrogens is 3. The number of para-hydroxylation sites is 1. The Morgan fingerprint density at radius 1 is 0.903 bits per heavy atom. The molecule has 2 amide bonds. The second kappa shape index (κ2) is 9.29. The molecule has 0 radical (unpaired) electrons. The average molecular weight is 420 g/mol. The number of urea groups is 1. The fraction of sp³-hybridized carbons (Fsp3) is 0.273. The highest BCUT2D eigenvalue weighted by molar-refractivity contribution is 5.93. The van der Waals surface area contributed by atoms with E-state index in [0.717, 1.165) is 17.1 Å². The third kappa shape index (κ3) is 4.50. The van der Waals surface area contributed by atoms with E-state index in [1.165, 1.54) is 0 Å². The summed E-state index contributed by atoms with van der Waals surface area (Å²) in [5, 5.41) is 11.6. The van der Waals surface area contributed by atoms with Crippen LogP contribution in [0.2, 0.25) is 0 Å². The van der Waals surface area contributed by atoms with E-state index in [4.69, 9.17) is 9.47 Å². The van der Waals surface area contributed by atoms with Crippen LogP contribution >= 0.6 is 0 Å². The van der Waals surface area contributed by atoms with Crippen molar-refractivity contribution in [2.24, 2.45) is 0 Å². The van der Waals surface area contributed by atoms with Gasteiger partial charge in [-0.25, -0.2) is 4.79 Å². The topological polar surface area (TPSA) is 92.7 Å². The number of nitrogens with zero attached hydrogens (tertiary/aromatic N) is 5. The van der Waals surface area contributed by atoms with E-state index >= 15 is 0 Å². The number of nitrogens with one attached hydrogen (secondary N) is 1. The third-order valence-corrected chi connectivity index (χ3v) is 5.18. The molecule has 31 heavy (non-hydrogen) atoms. The maximum absolute atomic E-state index is 12.8. The number of carbonyl (C=O) groups excluding carboxylic acids is 1. The SMILES string of the molecule is COc1cccc(OC)c1NC(=O)N1CCN(c2ccc(-c3ccncc3)nn2)CC1. The van der Waals surface area contributed by atoms with E-state index in [9.17, 15) is 4.79 Å². The minimum Gasteiger partial charge on any atom is -0.494 e. The second-order valence-corrected chi connectivity index (χ2v) is 6.95. The first-order valence-electron chi connectivity index (χ1n) is 9.95. The standard InChI is InChI=1S/C22H24N6O3/c1-30-18-4-3-5-19(31-2)21(18)24-22(29)28-14-12-27(13-15-28)20-7-6-17(25-26-20)16-8-10-23-11-9-16/h3-11H,12-15H2,1-2H3,(H,24,29). The van der Waals surface area contributed by atoms with Crippen molar-refractivity contribution in [3.05, 3.63) is 54.9 Å². The molecule has 0 spiro atoms. The van der Waals surface area contributed by atoms with Gasteiger partial charge in [-0.1, -0.05) is 6.07 Å². The molecule has 1 aliphatic rings. The summed E-state index contributed by atoms with van der Waals surface area (Å²) in [7, 11) is 3.12. The number of benzene rings is 1. The van der Waals surface area contributed by atoms with Gasteiger partial charge in [0.25, 0.3) is 0 Å². The highest BCUT2D eigenvalue weighted by Gasteiger charge is 2.24. The van der Waals surface area contributed by atoms with Crippen molar-refractivity contribution in [3.8, 4) is 22.8 Å². The predicted molar refractivity (Wildman–Crippen MR) is 118 cm³/mol. The summed E-state index contributed by atoms with van der Waals surface area (Å²) in [6.45, 7) is 2.47. The lowest BCUT2D eigenvalue weighted by atomic mass is 10.2. The van der Waals surface area contributed by atoms with Gasteiger partial charge in [0.1, 0.15) is 17.2 Å². The van der Waals surface area contributed by atoms with Crippen LogP contribution in [-0.2, 0) is 0 Å². The summed E-state index contributed by atoms with van der Waals surface area (Å²) in [5.74, 6) is 1.90. The van der Waals surface area contributed by atoms with Crippen LogP contribution in [0.5, 0.6) is 11.5 Å². The van der Waals surface area contributed by atoms with Gasteiger partial charge in [-0.15, -0.1) is 10.2 Å². The van der Waals surface area contributed by atoms with Crippen LogP contribution < -0.4 is 19.7 Å². The van der Waals surface area contributed by atoms with Crippen LogP contribution in [0, 0.1) is 0 Å². The maximum Gasteiger partial charge on any atom is 0.322 e. The first-order chi connectivity index (χ1) is 15.2. The molecular weight excluding hydrogens is 396 g/mol. The smallest absolute Gasteiger partial charge is 0.322 e. The van der Waals surface area contributed by atoms with Gasteiger partial charge in [0.2, 0.25) is 0 Å². The molecule has 1 aromatic carbocycles. The zero-order valence-corrected chi connectivity index (χ0v) is 17.5. The van der Waals surface area contributed by atoms with Crippen molar-refractivity contribution < 1.29 is 14.3 Å². The lowest BCUT2D eigenvalue weighted by Crippen LogP contribution is -2.50. The Hall–Kier alpha value is -3.88. The van der Waals surface area contributed by atoms with E-state index in [1.807, 2.05) is 30.3 Å². The van der Waals surface area contributed by atoms with Crippen LogP contribution in [0.15, 0.2) is 54.9 Å². The van der Waals surface area contributed by atoms with Crippen LogP contribution in [0.1, 0.15) is 0 Å². The quantitative estimate of drug-likeness (QED) is 0.678. The third-order valence-electron chi connectivity index (χ3n) is 5.18. The van der Waals surface area contributed by atoms with Crippen LogP contribution in [-0.4, -0.2) is 66.5 Å². The summed E-state index contributed by atoms with van der Waals surface area (Å²) >= 11 is 0. The molecule has 1 saturated heterocycles. The van der Waals surface area contributed by atoms with Gasteiger partial charge in [0.15, 0.2) is 5.82 Å². The largest absolute Gasteiger partial charge is 0.494 e. The average Bonchev–Trinajstić information content (AvgIpc) is 2.85. The monoisotopic (exact) mass is 420 g/mol. The first-order valence-corrected chi connectivity index (χ1v) is 9.95. The Bertz CT molecular complexity index is 999. The normalized spacial score (nSPS) is 13.6. The van der Waals surface area contributed by atoms with Gasteiger partial charge >= 0.3 is 6.03 Å². The minimum absolute atomic E-state index is 0.193. The molecule has 1 aliphatic heterocycles. The molecule has 2 aromatic heterocycles. The van der Waals surface area contributed by atoms with Crippen LogP contribution in [0.4, 0.5) is 16.3 Å². The summed E-state index contributed by atoms with van der Waals surface area (Å²) < 4.78 is 10.7. The number of hydrogen-bond acceptors (Lipinski definition) is 7. The fourth-order valence-electron chi connectivity index (χ4n) is 3.47. The van der Waals surface area contributed by atoms with Gasteiger partial charge in [-0.2, -0.15) is 0 Å². The van der Waals surface area contributed by atoms with Crippen molar-refractivity contribution >= 4 is 17.5 Å². The molecule has 0 aliphatic carbocycles. The van der Waals surface area contributed by atoms with Crippen LogP contribution in [0.25, 0.3) is 11.3 Å². The molecule has 160 valence electrons. The number of carbonyl (C=O) groups is 1. The van der Waals surface area contributed by atoms with Gasteiger partial charge in [-0.3, -0.25) is 4.98 Å². The number of amides is 2. The van der Waals surface area contributed by atoms with E-state index in [2.05, 4.69) is 25.4 Å². The molecule has 9 nitrogen and oxygen atoms in total. The van der Waals surface area contributed by atoms with Crippen LogP contribution in [0.3, 0.4) is 0 Å². The van der Waals surface area contributed by atoms with Gasteiger partial charge in [-0.05, 0) is 36.4 Å². The number of pyridine rings is 1. The number of anilines is 2. The summed E-state index contributed by atoms with van der Waals surface area (Å²) in [5.41, 5.74) is 2.30. The van der Waals surface area contributed by atoms with Crippen molar-refractivity contribution in [1.82, 2.24) is 20.1 Å². The zero-order chi connectivity index (χ0) is 21.6. The highest BCUT2D eigenvalue weighted by atomic mass is 16.5. The summed E-state index contributed by atoms with van der Waals surface area (Å²) in [6, 6.07) is 12.9. The van der Waals surface area contributed by atoms with E-state index in [0.29, 0.717) is 43.4 Å². The Morgan fingerprint density at radius 2 is 1.58 bits per heavy atom. The molecule has 0 atom stereocenters.